The van der Waals surface area contributed by atoms with Crippen LogP contribution in [-0.4, -0.2) is 23.1 Å². The van der Waals surface area contributed by atoms with Crippen molar-refractivity contribution in [3.05, 3.63) is 0 Å². The van der Waals surface area contributed by atoms with Crippen LogP contribution >= 0.6 is 0 Å². The van der Waals surface area contributed by atoms with Crippen molar-refractivity contribution in [3.8, 4) is 0 Å². The minimum Gasteiger partial charge on any atom is -0.481 e. The Morgan fingerprint density at radius 3 is 1.61 bits per heavy atom. The molecule has 0 aromatic carbocycles. The Labute approximate surface area is 191 Å². The zero-order chi connectivity index (χ0) is 22.7. The quantitative estimate of drug-likeness (QED) is 0.163. The van der Waals surface area contributed by atoms with Gasteiger partial charge in [-0.15, -0.1) is 0 Å². The lowest BCUT2D eigenvalue weighted by Gasteiger charge is -2.28. The summed E-state index contributed by atoms with van der Waals surface area (Å²) in [7, 11) is 0. The SMILES string of the molecule is CCCCCCCCCCCCCCCCCC(C)OC(=O)C1CCCCC1C(=O)O. The zero-order valence-corrected chi connectivity index (χ0v) is 20.5. The van der Waals surface area contributed by atoms with Gasteiger partial charge >= 0.3 is 11.9 Å². The molecule has 3 atom stereocenters. The van der Waals surface area contributed by atoms with Crippen molar-refractivity contribution in [2.45, 2.75) is 148 Å². The molecular formula is C27H50O4. The molecule has 3 unspecified atom stereocenters. The van der Waals surface area contributed by atoms with Crippen molar-refractivity contribution < 1.29 is 19.4 Å². The van der Waals surface area contributed by atoms with Crippen LogP contribution in [0, 0.1) is 11.8 Å². The highest BCUT2D eigenvalue weighted by Crippen LogP contribution is 2.31. The monoisotopic (exact) mass is 438 g/mol. The summed E-state index contributed by atoms with van der Waals surface area (Å²) in [5, 5.41) is 9.34. The standard InChI is InChI=1S/C27H50O4/c1-3-4-5-6-7-8-9-10-11-12-13-14-15-16-17-20-23(2)31-27(30)25-22-19-18-21-24(25)26(28)29/h23-25H,3-22H2,1-2H3,(H,28,29). The first-order chi connectivity index (χ1) is 15.1. The third-order valence-corrected chi connectivity index (χ3v) is 6.92. The predicted octanol–water partition coefficient (Wildman–Crippen LogP) is 8.07. The number of carbonyl (C=O) groups is 2. The van der Waals surface area contributed by atoms with Gasteiger partial charge in [0.25, 0.3) is 0 Å². The number of aliphatic carboxylic acids is 1. The van der Waals surface area contributed by atoms with Gasteiger partial charge < -0.3 is 9.84 Å². The van der Waals surface area contributed by atoms with Gasteiger partial charge in [-0.05, 0) is 32.6 Å². The maximum Gasteiger partial charge on any atom is 0.310 e. The second-order valence-corrected chi connectivity index (χ2v) is 9.82. The van der Waals surface area contributed by atoms with Crippen LogP contribution in [-0.2, 0) is 14.3 Å². The molecule has 0 aliphatic heterocycles. The molecule has 0 radical (unpaired) electrons. The second-order valence-electron chi connectivity index (χ2n) is 9.82. The first-order valence-corrected chi connectivity index (χ1v) is 13.5. The number of carboxylic acid groups (broad SMARTS) is 1. The molecule has 1 aliphatic rings. The van der Waals surface area contributed by atoms with Gasteiger partial charge in [-0.2, -0.15) is 0 Å². The summed E-state index contributed by atoms with van der Waals surface area (Å²) in [6.45, 7) is 4.22. The summed E-state index contributed by atoms with van der Waals surface area (Å²) in [6.07, 6.45) is 24.1. The molecule has 0 bridgehead atoms. The summed E-state index contributed by atoms with van der Waals surface area (Å²) in [5.41, 5.74) is 0. The largest absolute Gasteiger partial charge is 0.481 e. The van der Waals surface area contributed by atoms with E-state index in [1.807, 2.05) is 6.92 Å². The van der Waals surface area contributed by atoms with Gasteiger partial charge in [0.1, 0.15) is 0 Å². The van der Waals surface area contributed by atoms with Crippen LogP contribution in [0.2, 0.25) is 0 Å². The van der Waals surface area contributed by atoms with Crippen LogP contribution in [0.3, 0.4) is 0 Å². The van der Waals surface area contributed by atoms with Crippen LogP contribution in [0.1, 0.15) is 142 Å². The molecular weight excluding hydrogens is 388 g/mol. The van der Waals surface area contributed by atoms with Gasteiger partial charge in [0.15, 0.2) is 0 Å². The Morgan fingerprint density at radius 2 is 1.16 bits per heavy atom. The van der Waals surface area contributed by atoms with Crippen molar-refractivity contribution in [2.24, 2.45) is 11.8 Å². The number of unbranched alkanes of at least 4 members (excludes halogenated alkanes) is 14. The summed E-state index contributed by atoms with van der Waals surface area (Å²) in [5.74, 6) is -2.15. The van der Waals surface area contributed by atoms with Gasteiger partial charge in [-0.3, -0.25) is 9.59 Å². The summed E-state index contributed by atoms with van der Waals surface area (Å²) >= 11 is 0. The topological polar surface area (TPSA) is 63.6 Å². The number of esters is 1. The molecule has 0 spiro atoms. The summed E-state index contributed by atoms with van der Waals surface area (Å²) < 4.78 is 5.59. The van der Waals surface area contributed by atoms with Gasteiger partial charge in [0, 0.05) is 0 Å². The van der Waals surface area contributed by atoms with Gasteiger partial charge in [-0.25, -0.2) is 0 Å². The minimum atomic E-state index is -0.850. The average Bonchev–Trinajstić information content (AvgIpc) is 2.76. The number of carbonyl (C=O) groups excluding carboxylic acids is 1. The van der Waals surface area contributed by atoms with E-state index in [1.165, 1.54) is 89.9 Å². The number of hydrogen-bond donors (Lipinski definition) is 1. The first-order valence-electron chi connectivity index (χ1n) is 13.5. The van der Waals surface area contributed by atoms with E-state index < -0.39 is 17.8 Å². The molecule has 1 rings (SSSR count). The van der Waals surface area contributed by atoms with Crippen molar-refractivity contribution >= 4 is 11.9 Å². The van der Waals surface area contributed by atoms with Gasteiger partial charge in [0.05, 0.1) is 17.9 Å². The van der Waals surface area contributed by atoms with Crippen LogP contribution < -0.4 is 0 Å². The fraction of sp³-hybridized carbons (Fsp3) is 0.926. The third-order valence-electron chi connectivity index (χ3n) is 6.92. The maximum atomic E-state index is 12.4. The Balaban J connectivity index is 1.93. The number of ether oxygens (including phenoxy) is 1. The average molecular weight is 439 g/mol. The Morgan fingerprint density at radius 1 is 0.742 bits per heavy atom. The molecule has 0 heterocycles. The Hall–Kier alpha value is -1.06. The van der Waals surface area contributed by atoms with E-state index in [4.69, 9.17) is 4.74 Å². The molecule has 0 amide bonds. The third kappa shape index (κ3) is 13.9. The van der Waals surface area contributed by atoms with E-state index in [-0.39, 0.29) is 12.1 Å². The molecule has 0 aromatic rings. The van der Waals surface area contributed by atoms with Crippen LogP contribution in [0.5, 0.6) is 0 Å². The highest BCUT2D eigenvalue weighted by molar-refractivity contribution is 5.81. The van der Waals surface area contributed by atoms with E-state index in [2.05, 4.69) is 6.92 Å². The molecule has 0 saturated heterocycles. The van der Waals surface area contributed by atoms with E-state index in [9.17, 15) is 14.7 Å². The molecule has 0 aromatic heterocycles. The number of hydrogen-bond acceptors (Lipinski definition) is 3. The van der Waals surface area contributed by atoms with E-state index >= 15 is 0 Å². The van der Waals surface area contributed by atoms with Crippen molar-refractivity contribution in [1.29, 1.82) is 0 Å². The lowest BCUT2D eigenvalue weighted by molar-refractivity contribution is -0.163. The summed E-state index contributed by atoms with van der Waals surface area (Å²) in [6, 6.07) is 0. The first kappa shape index (κ1) is 28.0. The van der Waals surface area contributed by atoms with Crippen LogP contribution in [0.15, 0.2) is 0 Å². The Bertz CT molecular complexity index is 462. The maximum absolute atomic E-state index is 12.4. The molecule has 1 saturated carbocycles. The smallest absolute Gasteiger partial charge is 0.310 e. The number of rotatable bonds is 19. The Kier molecular flexibility index (Phi) is 16.7. The van der Waals surface area contributed by atoms with Crippen LogP contribution in [0.4, 0.5) is 0 Å². The van der Waals surface area contributed by atoms with E-state index in [1.54, 1.807) is 0 Å². The number of carboxylic acids is 1. The zero-order valence-electron chi connectivity index (χ0n) is 20.5. The fourth-order valence-corrected chi connectivity index (χ4v) is 4.86. The fourth-order valence-electron chi connectivity index (χ4n) is 4.86. The van der Waals surface area contributed by atoms with Gasteiger partial charge in [0.2, 0.25) is 0 Å². The van der Waals surface area contributed by atoms with Crippen molar-refractivity contribution in [2.75, 3.05) is 0 Å². The molecule has 4 heteroatoms. The second kappa shape index (κ2) is 18.5. The van der Waals surface area contributed by atoms with E-state index in [0.717, 1.165) is 25.7 Å². The van der Waals surface area contributed by atoms with Crippen LogP contribution in [0.25, 0.3) is 0 Å². The molecule has 182 valence electrons. The van der Waals surface area contributed by atoms with Gasteiger partial charge in [-0.1, -0.05) is 110 Å². The van der Waals surface area contributed by atoms with Crippen molar-refractivity contribution in [3.63, 3.8) is 0 Å². The molecule has 4 nitrogen and oxygen atoms in total. The minimum absolute atomic E-state index is 0.106. The molecule has 1 fully saturated rings. The summed E-state index contributed by atoms with van der Waals surface area (Å²) in [4.78, 5) is 23.8. The lowest BCUT2D eigenvalue weighted by atomic mass is 9.79. The lowest BCUT2D eigenvalue weighted by Crippen LogP contribution is -2.35. The van der Waals surface area contributed by atoms with Crippen molar-refractivity contribution in [1.82, 2.24) is 0 Å². The predicted molar refractivity (Wildman–Crippen MR) is 128 cm³/mol. The normalized spacial score (nSPS) is 19.8. The molecule has 31 heavy (non-hydrogen) atoms. The molecule has 1 aliphatic carbocycles. The highest BCUT2D eigenvalue weighted by atomic mass is 16.5. The highest BCUT2D eigenvalue weighted by Gasteiger charge is 2.37. The van der Waals surface area contributed by atoms with E-state index in [0.29, 0.717) is 12.8 Å². The molecule has 1 N–H and O–H groups in total.